The molecule has 2 aromatic rings. The maximum atomic E-state index is 12.7. The van der Waals surface area contributed by atoms with Gasteiger partial charge in [-0.2, -0.15) is 0 Å². The summed E-state index contributed by atoms with van der Waals surface area (Å²) in [6.45, 7) is 0. The van der Waals surface area contributed by atoms with Crippen LogP contribution in [0.2, 0.25) is 0 Å². The average molecular weight is 311 g/mol. The van der Waals surface area contributed by atoms with Crippen LogP contribution in [0.1, 0.15) is 32.5 Å². The zero-order valence-corrected chi connectivity index (χ0v) is 12.5. The van der Waals surface area contributed by atoms with E-state index in [1.54, 1.807) is 30.3 Å². The summed E-state index contributed by atoms with van der Waals surface area (Å²) in [5.74, 6) is -0.0731. The highest BCUT2D eigenvalue weighted by Crippen LogP contribution is 2.48. The number of rotatable bonds is 2. The molecule has 6 heteroatoms. The Morgan fingerprint density at radius 2 is 1.83 bits per heavy atom. The van der Waals surface area contributed by atoms with Crippen molar-refractivity contribution in [2.45, 2.75) is 6.23 Å². The molecule has 0 aliphatic carbocycles. The number of anilines is 1. The third-order valence-corrected chi connectivity index (χ3v) is 4.12. The Morgan fingerprint density at radius 1 is 1.04 bits per heavy atom. The van der Waals surface area contributed by atoms with Crippen LogP contribution in [-0.2, 0) is 4.74 Å². The minimum atomic E-state index is -0.739. The van der Waals surface area contributed by atoms with Crippen molar-refractivity contribution in [2.75, 3.05) is 19.1 Å². The van der Waals surface area contributed by atoms with E-state index in [1.807, 2.05) is 6.07 Å². The fourth-order valence-corrected chi connectivity index (χ4v) is 3.11. The molecule has 0 saturated heterocycles. The van der Waals surface area contributed by atoms with Crippen molar-refractivity contribution in [3.05, 3.63) is 53.1 Å². The molecule has 0 N–H and O–H groups in total. The maximum absolute atomic E-state index is 12.7. The van der Waals surface area contributed by atoms with Gasteiger partial charge in [0.25, 0.3) is 5.91 Å². The van der Waals surface area contributed by atoms with Gasteiger partial charge in [-0.05, 0) is 18.2 Å². The van der Waals surface area contributed by atoms with E-state index >= 15 is 0 Å². The van der Waals surface area contributed by atoms with Crippen LogP contribution in [0.25, 0.3) is 0 Å². The number of carbonyl (C=O) groups excluding carboxylic acids is 2. The molecule has 2 aromatic carbocycles. The van der Waals surface area contributed by atoms with Gasteiger partial charge in [0.15, 0.2) is 11.5 Å². The first-order valence-electron chi connectivity index (χ1n) is 7.05. The van der Waals surface area contributed by atoms with Gasteiger partial charge in [-0.25, -0.2) is 4.79 Å². The molecule has 0 radical (unpaired) electrons. The lowest BCUT2D eigenvalue weighted by molar-refractivity contribution is 0.0268. The minimum Gasteiger partial charge on any atom is -0.493 e. The summed E-state index contributed by atoms with van der Waals surface area (Å²) in [5, 5.41) is 0. The topological polar surface area (TPSA) is 65.1 Å². The van der Waals surface area contributed by atoms with Gasteiger partial charge in [0.1, 0.15) is 5.56 Å². The molecule has 4 rings (SSSR count). The summed E-state index contributed by atoms with van der Waals surface area (Å²) < 4.78 is 16.0. The van der Waals surface area contributed by atoms with Crippen LogP contribution in [0.4, 0.5) is 5.69 Å². The third-order valence-electron chi connectivity index (χ3n) is 4.12. The summed E-state index contributed by atoms with van der Waals surface area (Å²) in [6, 6.07) is 10.5. The standard InChI is InChI=1S/C17H13NO5/c1-21-12-8-7-11-13(14(12)22-2)17(20)23-16-10-6-4-3-5-9(10)15(19)18(11)16/h3-8,16H,1-2H3/t16-/m1/s1. The number of nitrogens with zero attached hydrogens (tertiary/aromatic N) is 1. The molecular formula is C17H13NO5. The molecule has 1 atom stereocenters. The molecule has 6 nitrogen and oxygen atoms in total. The fraction of sp³-hybridized carbons (Fsp3) is 0.176. The number of fused-ring (bicyclic) bond motifs is 5. The zero-order valence-electron chi connectivity index (χ0n) is 12.5. The van der Waals surface area contributed by atoms with Gasteiger partial charge in [-0.3, -0.25) is 9.69 Å². The molecule has 2 aliphatic rings. The third kappa shape index (κ3) is 1.69. The molecule has 116 valence electrons. The van der Waals surface area contributed by atoms with Gasteiger partial charge < -0.3 is 14.2 Å². The van der Waals surface area contributed by atoms with Crippen LogP contribution in [-0.4, -0.2) is 26.1 Å². The van der Waals surface area contributed by atoms with Gasteiger partial charge >= 0.3 is 5.97 Å². The molecule has 1 amide bonds. The summed E-state index contributed by atoms with van der Waals surface area (Å²) in [6.07, 6.45) is -0.739. The number of carbonyl (C=O) groups is 2. The van der Waals surface area contributed by atoms with Gasteiger partial charge in [-0.15, -0.1) is 0 Å². The van der Waals surface area contributed by atoms with Crippen LogP contribution >= 0.6 is 0 Å². The molecule has 2 heterocycles. The number of amides is 1. The lowest BCUT2D eigenvalue weighted by Crippen LogP contribution is -2.36. The van der Waals surface area contributed by atoms with Crippen molar-refractivity contribution in [1.29, 1.82) is 0 Å². The highest BCUT2D eigenvalue weighted by atomic mass is 16.6. The van der Waals surface area contributed by atoms with Gasteiger partial charge in [0.05, 0.1) is 19.9 Å². The van der Waals surface area contributed by atoms with Crippen molar-refractivity contribution in [3.8, 4) is 11.5 Å². The second-order valence-electron chi connectivity index (χ2n) is 5.22. The summed E-state index contributed by atoms with van der Waals surface area (Å²) in [4.78, 5) is 26.7. The normalized spacial score (nSPS) is 18.0. The van der Waals surface area contributed by atoms with E-state index in [0.29, 0.717) is 22.6 Å². The predicted molar refractivity (Wildman–Crippen MR) is 81.0 cm³/mol. The number of benzene rings is 2. The molecule has 23 heavy (non-hydrogen) atoms. The van der Waals surface area contributed by atoms with Crippen molar-refractivity contribution < 1.29 is 23.8 Å². The smallest absolute Gasteiger partial charge is 0.346 e. The van der Waals surface area contributed by atoms with Crippen molar-refractivity contribution >= 4 is 17.6 Å². The van der Waals surface area contributed by atoms with Crippen molar-refractivity contribution in [1.82, 2.24) is 0 Å². The number of methoxy groups -OCH3 is 2. The first-order chi connectivity index (χ1) is 11.2. The van der Waals surface area contributed by atoms with Crippen LogP contribution in [0.15, 0.2) is 36.4 Å². The number of hydrogen-bond donors (Lipinski definition) is 0. The fourth-order valence-electron chi connectivity index (χ4n) is 3.11. The Balaban J connectivity index is 1.95. The Labute approximate surface area is 132 Å². The highest BCUT2D eigenvalue weighted by Gasteiger charge is 2.46. The highest BCUT2D eigenvalue weighted by molar-refractivity contribution is 6.16. The number of hydrogen-bond acceptors (Lipinski definition) is 5. The van der Waals surface area contributed by atoms with Gasteiger partial charge in [0, 0.05) is 11.1 Å². The molecule has 0 unspecified atom stereocenters. The van der Waals surface area contributed by atoms with E-state index in [0.717, 1.165) is 0 Å². The molecule has 0 aromatic heterocycles. The SMILES string of the molecule is COc1ccc2c(c1OC)C(=O)O[C@@H]1c3ccccc3C(=O)N21. The van der Waals surface area contributed by atoms with Gasteiger partial charge in [0.2, 0.25) is 6.23 Å². The Bertz CT molecular complexity index is 845. The molecule has 0 fully saturated rings. The predicted octanol–water partition coefficient (Wildman–Crippen LogP) is 2.53. The number of esters is 1. The molecule has 0 saturated carbocycles. The number of ether oxygens (including phenoxy) is 3. The zero-order chi connectivity index (χ0) is 16.1. The Morgan fingerprint density at radius 3 is 2.57 bits per heavy atom. The van der Waals surface area contributed by atoms with E-state index in [9.17, 15) is 9.59 Å². The van der Waals surface area contributed by atoms with E-state index in [-0.39, 0.29) is 17.2 Å². The Hall–Kier alpha value is -3.02. The van der Waals surface area contributed by atoms with E-state index < -0.39 is 12.2 Å². The summed E-state index contributed by atoms with van der Waals surface area (Å²) in [7, 11) is 2.93. The lowest BCUT2D eigenvalue weighted by Gasteiger charge is -2.32. The van der Waals surface area contributed by atoms with Crippen LogP contribution < -0.4 is 14.4 Å². The molecule has 2 aliphatic heterocycles. The van der Waals surface area contributed by atoms with E-state index in [2.05, 4.69) is 0 Å². The van der Waals surface area contributed by atoms with Crippen LogP contribution in [0.3, 0.4) is 0 Å². The van der Waals surface area contributed by atoms with Crippen LogP contribution in [0, 0.1) is 0 Å². The van der Waals surface area contributed by atoms with Crippen LogP contribution in [0.5, 0.6) is 11.5 Å². The monoisotopic (exact) mass is 311 g/mol. The second kappa shape index (κ2) is 4.74. The first kappa shape index (κ1) is 13.6. The Kier molecular flexibility index (Phi) is 2.81. The second-order valence-corrected chi connectivity index (χ2v) is 5.22. The molecule has 0 spiro atoms. The molecule has 0 bridgehead atoms. The summed E-state index contributed by atoms with van der Waals surface area (Å²) >= 11 is 0. The molecular weight excluding hydrogens is 298 g/mol. The quantitative estimate of drug-likeness (QED) is 0.797. The largest absolute Gasteiger partial charge is 0.493 e. The lowest BCUT2D eigenvalue weighted by atomic mass is 10.1. The van der Waals surface area contributed by atoms with Crippen molar-refractivity contribution in [2.24, 2.45) is 0 Å². The average Bonchev–Trinajstić information content (AvgIpc) is 2.87. The van der Waals surface area contributed by atoms with E-state index in [1.165, 1.54) is 19.1 Å². The van der Waals surface area contributed by atoms with Crippen molar-refractivity contribution in [3.63, 3.8) is 0 Å². The summed E-state index contributed by atoms with van der Waals surface area (Å²) in [5.41, 5.74) is 1.88. The minimum absolute atomic E-state index is 0.198. The van der Waals surface area contributed by atoms with E-state index in [4.69, 9.17) is 14.2 Å². The first-order valence-corrected chi connectivity index (χ1v) is 7.05. The van der Waals surface area contributed by atoms with Gasteiger partial charge in [-0.1, -0.05) is 18.2 Å². The maximum Gasteiger partial charge on any atom is 0.346 e.